The zero-order valence-corrected chi connectivity index (χ0v) is 10.3. The zero-order valence-electron chi connectivity index (χ0n) is 10.3. The summed E-state index contributed by atoms with van der Waals surface area (Å²) < 4.78 is 2.05. The Bertz CT molecular complexity index is 684. The van der Waals surface area contributed by atoms with Crippen LogP contribution < -0.4 is 5.73 Å². The molecule has 0 radical (unpaired) electrons. The Hall–Kier alpha value is -2.29. The molecule has 0 spiro atoms. The van der Waals surface area contributed by atoms with E-state index in [4.69, 9.17) is 5.73 Å². The normalized spacial score (nSPS) is 10.9. The molecule has 0 atom stereocenters. The number of imidazole rings is 1. The number of hydrogen-bond donors (Lipinski definition) is 1. The molecule has 3 aromatic rings. The molecule has 90 valence electrons. The van der Waals surface area contributed by atoms with Crippen molar-refractivity contribution in [2.24, 2.45) is 0 Å². The molecule has 0 bridgehead atoms. The maximum Gasteiger partial charge on any atom is 0.201 e. The van der Waals surface area contributed by atoms with E-state index >= 15 is 0 Å². The Kier molecular flexibility index (Phi) is 2.52. The lowest BCUT2D eigenvalue weighted by atomic mass is 10.2. The molecule has 0 unspecified atom stereocenters. The lowest BCUT2D eigenvalue weighted by molar-refractivity contribution is 0.838. The van der Waals surface area contributed by atoms with Crippen molar-refractivity contribution in [2.45, 2.75) is 13.5 Å². The molecule has 3 nitrogen and oxygen atoms in total. The molecule has 1 heterocycles. The predicted octanol–water partition coefficient (Wildman–Crippen LogP) is 2.98. The predicted molar refractivity (Wildman–Crippen MR) is 74.4 cm³/mol. The summed E-state index contributed by atoms with van der Waals surface area (Å²) >= 11 is 0. The number of aryl methyl sites for hydroxylation is 1. The summed E-state index contributed by atoms with van der Waals surface area (Å²) in [5.41, 5.74) is 10.5. The van der Waals surface area contributed by atoms with Gasteiger partial charge in [0.15, 0.2) is 0 Å². The van der Waals surface area contributed by atoms with Crippen LogP contribution in [0.3, 0.4) is 0 Å². The second-order valence-corrected chi connectivity index (χ2v) is 4.53. The molecule has 0 aliphatic rings. The third-order valence-electron chi connectivity index (χ3n) is 3.12. The van der Waals surface area contributed by atoms with Gasteiger partial charge in [-0.05, 0) is 30.2 Å². The molecule has 0 aliphatic heterocycles. The molecular weight excluding hydrogens is 222 g/mol. The topological polar surface area (TPSA) is 43.8 Å². The standard InChI is InChI=1S/C15H15N3/c1-11-7-8-14-13(9-11)17-15(16)18(14)10-12-5-3-2-4-6-12/h2-9H,10H2,1H3,(H2,16,17). The smallest absolute Gasteiger partial charge is 0.201 e. The molecule has 2 aromatic carbocycles. The fraction of sp³-hybridized carbons (Fsp3) is 0.133. The molecule has 3 heteroatoms. The Labute approximate surface area is 106 Å². The minimum Gasteiger partial charge on any atom is -0.369 e. The number of hydrogen-bond acceptors (Lipinski definition) is 2. The summed E-state index contributed by atoms with van der Waals surface area (Å²) in [6, 6.07) is 16.5. The van der Waals surface area contributed by atoms with Gasteiger partial charge in [-0.1, -0.05) is 36.4 Å². The third-order valence-corrected chi connectivity index (χ3v) is 3.12. The second kappa shape index (κ2) is 4.18. The average molecular weight is 237 g/mol. The van der Waals surface area contributed by atoms with E-state index in [0.29, 0.717) is 5.95 Å². The average Bonchev–Trinajstić information content (AvgIpc) is 2.66. The van der Waals surface area contributed by atoms with Gasteiger partial charge in [-0.3, -0.25) is 0 Å². The van der Waals surface area contributed by atoms with Gasteiger partial charge in [0, 0.05) is 0 Å². The number of nitrogens with zero attached hydrogens (tertiary/aromatic N) is 2. The fourth-order valence-electron chi connectivity index (χ4n) is 2.19. The SMILES string of the molecule is Cc1ccc2c(c1)nc(N)n2Cc1ccccc1. The lowest BCUT2D eigenvalue weighted by Crippen LogP contribution is -2.04. The van der Waals surface area contributed by atoms with E-state index in [1.165, 1.54) is 11.1 Å². The first-order valence-corrected chi connectivity index (χ1v) is 6.00. The van der Waals surface area contributed by atoms with Crippen molar-refractivity contribution in [1.29, 1.82) is 0 Å². The molecule has 18 heavy (non-hydrogen) atoms. The van der Waals surface area contributed by atoms with Gasteiger partial charge >= 0.3 is 0 Å². The first-order chi connectivity index (χ1) is 8.74. The number of nitrogens with two attached hydrogens (primary N) is 1. The monoisotopic (exact) mass is 237 g/mol. The quantitative estimate of drug-likeness (QED) is 0.744. The fourth-order valence-corrected chi connectivity index (χ4v) is 2.19. The van der Waals surface area contributed by atoms with Crippen LogP contribution in [0.4, 0.5) is 5.95 Å². The Morgan fingerprint density at radius 2 is 1.89 bits per heavy atom. The number of nitrogen functional groups attached to an aromatic ring is 1. The van der Waals surface area contributed by atoms with Crippen LogP contribution in [0.5, 0.6) is 0 Å². The molecule has 0 amide bonds. The van der Waals surface area contributed by atoms with Crippen LogP contribution in [0.1, 0.15) is 11.1 Å². The van der Waals surface area contributed by atoms with Gasteiger partial charge in [-0.15, -0.1) is 0 Å². The summed E-state index contributed by atoms with van der Waals surface area (Å²) in [7, 11) is 0. The van der Waals surface area contributed by atoms with Crippen molar-refractivity contribution in [3.8, 4) is 0 Å². The van der Waals surface area contributed by atoms with E-state index in [0.717, 1.165) is 17.6 Å². The molecule has 0 saturated carbocycles. The molecule has 3 rings (SSSR count). The molecule has 0 aliphatic carbocycles. The van der Waals surface area contributed by atoms with E-state index in [1.54, 1.807) is 0 Å². The number of benzene rings is 2. The van der Waals surface area contributed by atoms with Crippen LogP contribution in [-0.2, 0) is 6.54 Å². The number of anilines is 1. The molecule has 0 fully saturated rings. The molecular formula is C15H15N3. The van der Waals surface area contributed by atoms with Crippen LogP contribution >= 0.6 is 0 Å². The lowest BCUT2D eigenvalue weighted by Gasteiger charge is -2.06. The first kappa shape index (κ1) is 10.8. The second-order valence-electron chi connectivity index (χ2n) is 4.53. The summed E-state index contributed by atoms with van der Waals surface area (Å²) in [6.45, 7) is 2.82. The largest absolute Gasteiger partial charge is 0.369 e. The highest BCUT2D eigenvalue weighted by molar-refractivity contribution is 5.79. The van der Waals surface area contributed by atoms with Gasteiger partial charge < -0.3 is 10.3 Å². The van der Waals surface area contributed by atoms with Crippen molar-refractivity contribution in [3.63, 3.8) is 0 Å². The number of fused-ring (bicyclic) bond motifs is 1. The highest BCUT2D eigenvalue weighted by atomic mass is 15.1. The van der Waals surface area contributed by atoms with Crippen molar-refractivity contribution < 1.29 is 0 Å². The van der Waals surface area contributed by atoms with E-state index in [9.17, 15) is 0 Å². The summed E-state index contributed by atoms with van der Waals surface area (Å²) in [5, 5.41) is 0. The number of rotatable bonds is 2. The van der Waals surface area contributed by atoms with Crippen LogP contribution in [0, 0.1) is 6.92 Å². The van der Waals surface area contributed by atoms with Gasteiger partial charge in [-0.2, -0.15) is 0 Å². The van der Waals surface area contributed by atoms with Crippen molar-refractivity contribution in [2.75, 3.05) is 5.73 Å². The van der Waals surface area contributed by atoms with Crippen LogP contribution in [-0.4, -0.2) is 9.55 Å². The van der Waals surface area contributed by atoms with E-state index in [2.05, 4.69) is 42.2 Å². The maximum atomic E-state index is 6.00. The molecule has 1 aromatic heterocycles. The van der Waals surface area contributed by atoms with Crippen LogP contribution in [0.15, 0.2) is 48.5 Å². The Morgan fingerprint density at radius 3 is 2.67 bits per heavy atom. The van der Waals surface area contributed by atoms with Crippen molar-refractivity contribution in [3.05, 3.63) is 59.7 Å². The zero-order chi connectivity index (χ0) is 12.5. The van der Waals surface area contributed by atoms with E-state index in [-0.39, 0.29) is 0 Å². The molecule has 0 saturated heterocycles. The maximum absolute atomic E-state index is 6.00. The molecule has 2 N–H and O–H groups in total. The third kappa shape index (κ3) is 1.84. The first-order valence-electron chi connectivity index (χ1n) is 6.00. The van der Waals surface area contributed by atoms with Gasteiger partial charge in [0.25, 0.3) is 0 Å². The highest BCUT2D eigenvalue weighted by Crippen LogP contribution is 2.20. The van der Waals surface area contributed by atoms with Gasteiger partial charge in [0.1, 0.15) is 0 Å². The van der Waals surface area contributed by atoms with Gasteiger partial charge in [-0.25, -0.2) is 4.98 Å². The summed E-state index contributed by atoms with van der Waals surface area (Å²) in [6.07, 6.45) is 0. The van der Waals surface area contributed by atoms with Gasteiger partial charge in [0.2, 0.25) is 5.95 Å². The van der Waals surface area contributed by atoms with Gasteiger partial charge in [0.05, 0.1) is 17.6 Å². The Morgan fingerprint density at radius 1 is 1.11 bits per heavy atom. The Balaban J connectivity index is 2.09. The number of aromatic nitrogens is 2. The highest BCUT2D eigenvalue weighted by Gasteiger charge is 2.08. The minimum absolute atomic E-state index is 0.569. The van der Waals surface area contributed by atoms with Crippen LogP contribution in [0.25, 0.3) is 11.0 Å². The summed E-state index contributed by atoms with van der Waals surface area (Å²) in [4.78, 5) is 4.41. The van der Waals surface area contributed by atoms with Crippen LogP contribution in [0.2, 0.25) is 0 Å². The van der Waals surface area contributed by atoms with Crippen molar-refractivity contribution >= 4 is 17.0 Å². The van der Waals surface area contributed by atoms with E-state index in [1.807, 2.05) is 22.8 Å². The summed E-state index contributed by atoms with van der Waals surface area (Å²) in [5.74, 6) is 0.569. The van der Waals surface area contributed by atoms with E-state index < -0.39 is 0 Å². The minimum atomic E-state index is 0.569. The van der Waals surface area contributed by atoms with Crippen molar-refractivity contribution in [1.82, 2.24) is 9.55 Å².